The van der Waals surface area contributed by atoms with Crippen LogP contribution in [0, 0.1) is 34.5 Å². The van der Waals surface area contributed by atoms with Gasteiger partial charge in [0, 0.05) is 12.1 Å². The van der Waals surface area contributed by atoms with Crippen molar-refractivity contribution in [2.45, 2.75) is 24.9 Å². The molecule has 64 valence electrons. The first-order chi connectivity index (χ1) is 5.69. The molecule has 0 aromatic carbocycles. The molecule has 0 aromatic heterocycles. The number of nitrogens with zero attached hydrogens (tertiary/aromatic N) is 2. The van der Waals surface area contributed by atoms with E-state index in [1.165, 1.54) is 0 Å². The van der Waals surface area contributed by atoms with E-state index in [2.05, 4.69) is 12.1 Å². The molecule has 4 N–H and O–H groups in total. The molecule has 0 saturated heterocycles. The monoisotopic (exact) mass is 164 g/mol. The number of hydrogen-bond donors (Lipinski definition) is 2. The summed E-state index contributed by atoms with van der Waals surface area (Å²) in [7, 11) is 0. The van der Waals surface area contributed by atoms with Crippen molar-refractivity contribution in [2.24, 2.45) is 23.3 Å². The van der Waals surface area contributed by atoms with Gasteiger partial charge in [0.1, 0.15) is 0 Å². The van der Waals surface area contributed by atoms with E-state index in [0.717, 1.165) is 0 Å². The number of hydrogen-bond acceptors (Lipinski definition) is 4. The molecule has 0 heterocycles. The third-order valence-corrected chi connectivity index (χ3v) is 2.42. The topological polar surface area (TPSA) is 99.6 Å². The Balaban J connectivity index is 2.64. The third-order valence-electron chi connectivity index (χ3n) is 2.42. The van der Waals surface area contributed by atoms with Gasteiger partial charge in [0.15, 0.2) is 0 Å². The second kappa shape index (κ2) is 3.53. The van der Waals surface area contributed by atoms with E-state index in [9.17, 15) is 0 Å². The second-order valence-corrected chi connectivity index (χ2v) is 3.27. The van der Waals surface area contributed by atoms with E-state index < -0.39 is 0 Å². The van der Waals surface area contributed by atoms with Crippen molar-refractivity contribution in [3.05, 3.63) is 0 Å². The molecular formula is C8H12N4. The van der Waals surface area contributed by atoms with Gasteiger partial charge in [0.05, 0.1) is 24.0 Å². The van der Waals surface area contributed by atoms with Gasteiger partial charge in [-0.3, -0.25) is 0 Å². The summed E-state index contributed by atoms with van der Waals surface area (Å²) in [5.41, 5.74) is 11.4. The molecule has 12 heavy (non-hydrogen) atoms. The van der Waals surface area contributed by atoms with Gasteiger partial charge < -0.3 is 11.5 Å². The molecular weight excluding hydrogens is 152 g/mol. The van der Waals surface area contributed by atoms with Crippen LogP contribution in [0.5, 0.6) is 0 Å². The lowest BCUT2D eigenvalue weighted by atomic mass is 9.77. The van der Waals surface area contributed by atoms with E-state index in [-0.39, 0.29) is 23.9 Å². The fraction of sp³-hybridized carbons (Fsp3) is 0.750. The average Bonchev–Trinajstić information content (AvgIpc) is 2.08. The summed E-state index contributed by atoms with van der Waals surface area (Å²) in [5.74, 6) is -0.353. The van der Waals surface area contributed by atoms with Crippen LogP contribution in [0.3, 0.4) is 0 Å². The molecule has 1 rings (SSSR count). The van der Waals surface area contributed by atoms with Crippen molar-refractivity contribution < 1.29 is 0 Å². The molecule has 0 aliphatic heterocycles. The predicted molar refractivity (Wildman–Crippen MR) is 43.4 cm³/mol. The molecule has 0 bridgehead atoms. The molecule has 0 radical (unpaired) electrons. The first-order valence-electron chi connectivity index (χ1n) is 3.99. The Morgan fingerprint density at radius 1 is 0.917 bits per heavy atom. The van der Waals surface area contributed by atoms with Crippen molar-refractivity contribution in [3.8, 4) is 12.1 Å². The lowest BCUT2D eigenvalue weighted by Crippen LogP contribution is -2.45. The maximum Gasteiger partial charge on any atom is 0.0672 e. The maximum absolute atomic E-state index is 8.67. The normalized spacial score (nSPS) is 41.3. The van der Waals surface area contributed by atoms with Gasteiger partial charge in [0.25, 0.3) is 0 Å². The molecule has 1 saturated carbocycles. The molecule has 1 fully saturated rings. The van der Waals surface area contributed by atoms with Crippen LogP contribution >= 0.6 is 0 Å². The van der Waals surface area contributed by atoms with Gasteiger partial charge >= 0.3 is 0 Å². The van der Waals surface area contributed by atoms with Gasteiger partial charge in [-0.05, 0) is 12.8 Å². The summed E-state index contributed by atoms with van der Waals surface area (Å²) < 4.78 is 0. The summed E-state index contributed by atoms with van der Waals surface area (Å²) in [4.78, 5) is 0. The Kier molecular flexibility index (Phi) is 2.65. The van der Waals surface area contributed by atoms with Crippen LogP contribution in [0.2, 0.25) is 0 Å². The number of nitriles is 2. The van der Waals surface area contributed by atoms with Crippen molar-refractivity contribution >= 4 is 0 Å². The number of nitrogens with two attached hydrogens (primary N) is 2. The minimum Gasteiger partial charge on any atom is -0.326 e. The molecule has 0 aromatic rings. The largest absolute Gasteiger partial charge is 0.326 e. The van der Waals surface area contributed by atoms with Crippen LogP contribution in [-0.4, -0.2) is 12.1 Å². The highest BCUT2D eigenvalue weighted by Crippen LogP contribution is 2.26. The van der Waals surface area contributed by atoms with Crippen LogP contribution < -0.4 is 11.5 Å². The predicted octanol–water partition coefficient (Wildman–Crippen LogP) is -0.286. The van der Waals surface area contributed by atoms with Crippen LogP contribution in [0.4, 0.5) is 0 Å². The van der Waals surface area contributed by atoms with E-state index in [1.54, 1.807) is 0 Å². The molecule has 1 aliphatic carbocycles. The minimum absolute atomic E-state index is 0.176. The van der Waals surface area contributed by atoms with Gasteiger partial charge in [-0.2, -0.15) is 10.5 Å². The van der Waals surface area contributed by atoms with E-state index in [0.29, 0.717) is 12.8 Å². The zero-order valence-corrected chi connectivity index (χ0v) is 6.77. The van der Waals surface area contributed by atoms with E-state index in [1.807, 2.05) is 0 Å². The number of rotatable bonds is 0. The Morgan fingerprint density at radius 3 is 1.50 bits per heavy atom. The van der Waals surface area contributed by atoms with Crippen LogP contribution in [0.15, 0.2) is 0 Å². The molecule has 1 aliphatic rings. The second-order valence-electron chi connectivity index (χ2n) is 3.27. The lowest BCUT2D eigenvalue weighted by Gasteiger charge is -2.31. The molecule has 4 nitrogen and oxygen atoms in total. The fourth-order valence-electron chi connectivity index (χ4n) is 1.56. The highest BCUT2D eigenvalue weighted by molar-refractivity contribution is 5.04. The van der Waals surface area contributed by atoms with E-state index >= 15 is 0 Å². The summed E-state index contributed by atoms with van der Waals surface area (Å²) in [6.07, 6.45) is 1.10. The first-order valence-corrected chi connectivity index (χ1v) is 3.99. The van der Waals surface area contributed by atoms with Crippen LogP contribution in [-0.2, 0) is 0 Å². The summed E-state index contributed by atoms with van der Waals surface area (Å²) in [6.45, 7) is 0. The smallest absolute Gasteiger partial charge is 0.0672 e. The zero-order chi connectivity index (χ0) is 9.14. The van der Waals surface area contributed by atoms with Crippen molar-refractivity contribution in [2.75, 3.05) is 0 Å². The van der Waals surface area contributed by atoms with Gasteiger partial charge in [-0.25, -0.2) is 0 Å². The Bertz CT molecular complexity index is 210. The van der Waals surface area contributed by atoms with E-state index in [4.69, 9.17) is 22.0 Å². The van der Waals surface area contributed by atoms with Crippen molar-refractivity contribution in [1.82, 2.24) is 0 Å². The summed E-state index contributed by atoms with van der Waals surface area (Å²) >= 11 is 0. The first kappa shape index (κ1) is 8.99. The Hall–Kier alpha value is -1.10. The summed E-state index contributed by atoms with van der Waals surface area (Å²) in [5, 5.41) is 17.3. The minimum atomic E-state index is -0.181. The van der Waals surface area contributed by atoms with Crippen LogP contribution in [0.25, 0.3) is 0 Å². The molecule has 4 heteroatoms. The SMILES string of the molecule is N#CC1CC(N)C(C#N)CC1N. The maximum atomic E-state index is 8.67. The summed E-state index contributed by atoms with van der Waals surface area (Å²) in [6, 6.07) is 3.87. The van der Waals surface area contributed by atoms with Gasteiger partial charge in [-0.1, -0.05) is 0 Å². The molecule has 0 spiro atoms. The molecule has 0 amide bonds. The zero-order valence-electron chi connectivity index (χ0n) is 6.77. The van der Waals surface area contributed by atoms with Crippen molar-refractivity contribution in [1.29, 1.82) is 10.5 Å². The quantitative estimate of drug-likeness (QED) is 0.514. The standard InChI is InChI=1S/C8H12N4/c9-3-5-1-7(11)6(4-10)2-8(5)12/h5-8H,1-2,11-12H2. The highest BCUT2D eigenvalue weighted by Gasteiger charge is 2.33. The van der Waals surface area contributed by atoms with Crippen LogP contribution in [0.1, 0.15) is 12.8 Å². The fourth-order valence-corrected chi connectivity index (χ4v) is 1.56. The Labute approximate surface area is 71.8 Å². The molecule has 4 atom stereocenters. The average molecular weight is 164 g/mol. The lowest BCUT2D eigenvalue weighted by molar-refractivity contribution is 0.282. The van der Waals surface area contributed by atoms with Crippen molar-refractivity contribution in [3.63, 3.8) is 0 Å². The molecule has 4 unspecified atom stereocenters. The third kappa shape index (κ3) is 1.55. The van der Waals surface area contributed by atoms with Gasteiger partial charge in [-0.15, -0.1) is 0 Å². The highest BCUT2D eigenvalue weighted by atomic mass is 14.7. The van der Waals surface area contributed by atoms with Gasteiger partial charge in [0.2, 0.25) is 0 Å². The Morgan fingerprint density at radius 2 is 1.25 bits per heavy atom.